The van der Waals surface area contributed by atoms with Crippen LogP contribution in [0, 0.1) is 0 Å². The van der Waals surface area contributed by atoms with Gasteiger partial charge < -0.3 is 9.73 Å². The first-order valence-corrected chi connectivity index (χ1v) is 9.34. The van der Waals surface area contributed by atoms with E-state index in [2.05, 4.69) is 15.1 Å². The summed E-state index contributed by atoms with van der Waals surface area (Å²) in [5.41, 5.74) is 0.529. The standard InChI is InChI=1S/C17H18N4O4S/c1-13(22)20-14-5-7-15(8-6-14)26(23,24)19-12-16(17-4-2-11-25-17)21-10-3-9-18-21/h2-11,16,19H,12H2,1H3,(H,20,22). The highest BCUT2D eigenvalue weighted by Gasteiger charge is 2.21. The summed E-state index contributed by atoms with van der Waals surface area (Å²) in [6.07, 6.45) is 4.88. The molecule has 9 heteroatoms. The van der Waals surface area contributed by atoms with E-state index >= 15 is 0 Å². The maximum absolute atomic E-state index is 12.6. The Bertz CT molecular complexity index is 915. The van der Waals surface area contributed by atoms with Crippen molar-refractivity contribution in [2.75, 3.05) is 11.9 Å². The van der Waals surface area contributed by atoms with Gasteiger partial charge in [0.2, 0.25) is 15.9 Å². The second-order valence-corrected chi connectivity index (χ2v) is 7.34. The minimum Gasteiger partial charge on any atom is -0.467 e. The minimum absolute atomic E-state index is 0.0744. The van der Waals surface area contributed by atoms with Gasteiger partial charge in [-0.05, 0) is 42.5 Å². The molecule has 136 valence electrons. The normalized spacial score (nSPS) is 12.7. The molecule has 3 aromatic rings. The Balaban J connectivity index is 1.75. The molecule has 3 rings (SSSR count). The fraction of sp³-hybridized carbons (Fsp3) is 0.176. The summed E-state index contributed by atoms with van der Waals surface area (Å²) in [6.45, 7) is 1.46. The fourth-order valence-electron chi connectivity index (χ4n) is 2.46. The number of anilines is 1. The van der Waals surface area contributed by atoms with Gasteiger partial charge in [0.25, 0.3) is 0 Å². The summed E-state index contributed by atoms with van der Waals surface area (Å²) >= 11 is 0. The predicted octanol–water partition coefficient (Wildman–Crippen LogP) is 2.00. The van der Waals surface area contributed by atoms with Crippen molar-refractivity contribution in [3.63, 3.8) is 0 Å². The van der Waals surface area contributed by atoms with Crippen LogP contribution >= 0.6 is 0 Å². The maximum Gasteiger partial charge on any atom is 0.240 e. The van der Waals surface area contributed by atoms with Gasteiger partial charge in [-0.15, -0.1) is 0 Å². The van der Waals surface area contributed by atoms with Gasteiger partial charge in [0.1, 0.15) is 11.8 Å². The molecule has 0 bridgehead atoms. The van der Waals surface area contributed by atoms with Gasteiger partial charge in [0.15, 0.2) is 0 Å². The molecular formula is C17H18N4O4S. The number of nitrogens with zero attached hydrogens (tertiary/aromatic N) is 2. The van der Waals surface area contributed by atoms with E-state index in [1.54, 1.807) is 35.3 Å². The molecule has 0 aliphatic heterocycles. The summed E-state index contributed by atoms with van der Waals surface area (Å²) < 4.78 is 34.7. The lowest BCUT2D eigenvalue weighted by Crippen LogP contribution is -2.31. The van der Waals surface area contributed by atoms with Crippen LogP contribution in [0.1, 0.15) is 18.7 Å². The second kappa shape index (κ2) is 7.54. The van der Waals surface area contributed by atoms with Crippen LogP contribution in [0.3, 0.4) is 0 Å². The van der Waals surface area contributed by atoms with Crippen molar-refractivity contribution in [3.05, 3.63) is 66.9 Å². The third-order valence-corrected chi connectivity index (χ3v) is 5.11. The summed E-state index contributed by atoms with van der Waals surface area (Å²) in [5.74, 6) is 0.372. The van der Waals surface area contributed by atoms with Gasteiger partial charge in [-0.25, -0.2) is 13.1 Å². The molecule has 1 unspecified atom stereocenters. The first-order chi connectivity index (χ1) is 12.5. The fourth-order valence-corrected chi connectivity index (χ4v) is 3.50. The predicted molar refractivity (Wildman–Crippen MR) is 95.0 cm³/mol. The highest BCUT2D eigenvalue weighted by atomic mass is 32.2. The molecule has 0 saturated carbocycles. The number of hydrogen-bond donors (Lipinski definition) is 2. The number of amides is 1. The zero-order valence-electron chi connectivity index (χ0n) is 14.0. The summed E-state index contributed by atoms with van der Waals surface area (Å²) in [6, 6.07) is 10.8. The van der Waals surface area contributed by atoms with E-state index in [0.29, 0.717) is 11.4 Å². The molecule has 2 heterocycles. The highest BCUT2D eigenvalue weighted by Crippen LogP contribution is 2.19. The van der Waals surface area contributed by atoms with Crippen LogP contribution in [-0.4, -0.2) is 30.7 Å². The molecule has 2 N–H and O–H groups in total. The molecule has 2 aromatic heterocycles. The lowest BCUT2D eigenvalue weighted by Gasteiger charge is -2.16. The Morgan fingerprint density at radius 1 is 1.23 bits per heavy atom. The van der Waals surface area contributed by atoms with Crippen molar-refractivity contribution >= 4 is 21.6 Å². The lowest BCUT2D eigenvalue weighted by molar-refractivity contribution is -0.114. The lowest BCUT2D eigenvalue weighted by atomic mass is 10.2. The molecule has 0 fully saturated rings. The van der Waals surface area contributed by atoms with Crippen molar-refractivity contribution in [1.29, 1.82) is 0 Å². The molecule has 26 heavy (non-hydrogen) atoms. The van der Waals surface area contributed by atoms with Crippen molar-refractivity contribution < 1.29 is 17.6 Å². The van der Waals surface area contributed by atoms with E-state index in [4.69, 9.17) is 4.42 Å². The molecule has 0 radical (unpaired) electrons. The van der Waals surface area contributed by atoms with Crippen LogP contribution < -0.4 is 10.0 Å². The Morgan fingerprint density at radius 2 is 2.00 bits per heavy atom. The molecule has 1 amide bonds. The van der Waals surface area contributed by atoms with E-state index in [9.17, 15) is 13.2 Å². The van der Waals surface area contributed by atoms with E-state index < -0.39 is 16.1 Å². The largest absolute Gasteiger partial charge is 0.467 e. The monoisotopic (exact) mass is 374 g/mol. The number of sulfonamides is 1. The average molecular weight is 374 g/mol. The Hall–Kier alpha value is -2.91. The zero-order valence-corrected chi connectivity index (χ0v) is 14.8. The average Bonchev–Trinajstić information content (AvgIpc) is 3.29. The first-order valence-electron chi connectivity index (χ1n) is 7.85. The highest BCUT2D eigenvalue weighted by molar-refractivity contribution is 7.89. The number of carbonyl (C=O) groups is 1. The molecule has 1 atom stereocenters. The van der Waals surface area contributed by atoms with Crippen molar-refractivity contribution in [2.24, 2.45) is 0 Å². The quantitative estimate of drug-likeness (QED) is 0.658. The molecule has 0 spiro atoms. The number of aromatic nitrogens is 2. The summed E-state index contributed by atoms with van der Waals surface area (Å²) in [4.78, 5) is 11.1. The topological polar surface area (TPSA) is 106 Å². The molecule has 0 aliphatic carbocycles. The maximum atomic E-state index is 12.6. The van der Waals surface area contributed by atoms with Gasteiger partial charge in [-0.1, -0.05) is 0 Å². The van der Waals surface area contributed by atoms with Gasteiger partial charge in [0.05, 0.1) is 11.2 Å². The number of nitrogens with one attached hydrogen (secondary N) is 2. The summed E-state index contributed by atoms with van der Waals surface area (Å²) in [7, 11) is -3.73. The second-order valence-electron chi connectivity index (χ2n) is 5.57. The van der Waals surface area contributed by atoms with Crippen molar-refractivity contribution in [2.45, 2.75) is 17.9 Å². The molecule has 0 aliphatic rings. The SMILES string of the molecule is CC(=O)Nc1ccc(S(=O)(=O)NCC(c2ccco2)n2cccn2)cc1. The van der Waals surface area contributed by atoms with Gasteiger partial charge in [0, 0.05) is 31.5 Å². The molecule has 0 saturated heterocycles. The Labute approximate surface area is 150 Å². The number of benzene rings is 1. The Kier molecular flexibility index (Phi) is 5.19. The van der Waals surface area contributed by atoms with Gasteiger partial charge in [-0.2, -0.15) is 5.10 Å². The number of rotatable bonds is 7. The summed E-state index contributed by atoms with van der Waals surface area (Å²) in [5, 5.41) is 6.76. The first kappa shape index (κ1) is 17.9. The minimum atomic E-state index is -3.73. The van der Waals surface area contributed by atoms with E-state index in [1.807, 2.05) is 0 Å². The molecule has 1 aromatic carbocycles. The van der Waals surface area contributed by atoms with E-state index in [-0.39, 0.29) is 17.3 Å². The number of hydrogen-bond acceptors (Lipinski definition) is 5. The Morgan fingerprint density at radius 3 is 2.58 bits per heavy atom. The van der Waals surface area contributed by atoms with Crippen LogP contribution in [0.5, 0.6) is 0 Å². The van der Waals surface area contributed by atoms with Crippen LogP contribution in [0.25, 0.3) is 0 Å². The van der Waals surface area contributed by atoms with Crippen LogP contribution in [0.2, 0.25) is 0 Å². The van der Waals surface area contributed by atoms with Crippen LogP contribution in [0.15, 0.2) is 70.4 Å². The van der Waals surface area contributed by atoms with E-state index in [1.165, 1.54) is 37.5 Å². The van der Waals surface area contributed by atoms with Crippen molar-refractivity contribution in [3.8, 4) is 0 Å². The van der Waals surface area contributed by atoms with Crippen molar-refractivity contribution in [1.82, 2.24) is 14.5 Å². The van der Waals surface area contributed by atoms with Crippen LogP contribution in [0.4, 0.5) is 5.69 Å². The third-order valence-electron chi connectivity index (χ3n) is 3.67. The number of furan rings is 1. The van der Waals surface area contributed by atoms with Gasteiger partial charge in [-0.3, -0.25) is 9.48 Å². The molecular weight excluding hydrogens is 356 g/mol. The van der Waals surface area contributed by atoms with Gasteiger partial charge >= 0.3 is 0 Å². The smallest absolute Gasteiger partial charge is 0.240 e. The van der Waals surface area contributed by atoms with E-state index in [0.717, 1.165) is 0 Å². The van der Waals surface area contributed by atoms with Crippen LogP contribution in [-0.2, 0) is 14.8 Å². The third kappa shape index (κ3) is 4.19. The molecule has 8 nitrogen and oxygen atoms in total. The number of carbonyl (C=O) groups excluding carboxylic acids is 1. The zero-order chi connectivity index (χ0) is 18.6.